The number of ether oxygens (including phenoxy) is 1. The second-order valence-electron chi connectivity index (χ2n) is 7.29. The lowest BCUT2D eigenvalue weighted by molar-refractivity contribution is 0.301. The zero-order chi connectivity index (χ0) is 21.0. The first-order valence-corrected chi connectivity index (χ1v) is 10.3. The Labute approximate surface area is 179 Å². The number of aromatic nitrogens is 6. The standard InChI is InChI=1S/C24H22N6O/c1-2-31-24-25-21-9-5-6-10-22(21)30(24)16-18-13-11-17(12-14-18)15-19-7-3-4-8-20(19)23-26-28-29-27-23/h3-14H,2,15-16H2,1H3,(H,26,27,28,29). The van der Waals surface area contributed by atoms with E-state index in [-0.39, 0.29) is 0 Å². The summed E-state index contributed by atoms with van der Waals surface area (Å²) in [5.41, 5.74) is 6.59. The van der Waals surface area contributed by atoms with Gasteiger partial charge < -0.3 is 4.74 Å². The summed E-state index contributed by atoms with van der Waals surface area (Å²) in [5, 5.41) is 14.5. The minimum atomic E-state index is 0.585. The van der Waals surface area contributed by atoms with Crippen molar-refractivity contribution in [2.45, 2.75) is 19.9 Å². The van der Waals surface area contributed by atoms with Crippen molar-refractivity contribution in [2.24, 2.45) is 0 Å². The number of tetrazole rings is 1. The molecule has 0 saturated carbocycles. The van der Waals surface area contributed by atoms with Crippen molar-refractivity contribution in [1.82, 2.24) is 30.2 Å². The van der Waals surface area contributed by atoms with E-state index in [9.17, 15) is 0 Å². The number of hydrogen-bond donors (Lipinski definition) is 1. The fraction of sp³-hybridized carbons (Fsp3) is 0.167. The van der Waals surface area contributed by atoms with E-state index in [4.69, 9.17) is 4.74 Å². The molecule has 154 valence electrons. The molecule has 0 saturated heterocycles. The minimum absolute atomic E-state index is 0.585. The molecule has 0 aliphatic carbocycles. The zero-order valence-electron chi connectivity index (χ0n) is 17.2. The highest BCUT2D eigenvalue weighted by molar-refractivity contribution is 5.76. The quantitative estimate of drug-likeness (QED) is 0.434. The van der Waals surface area contributed by atoms with Gasteiger partial charge in [0.15, 0.2) is 0 Å². The number of H-pyrrole nitrogens is 1. The van der Waals surface area contributed by atoms with Gasteiger partial charge in [-0.05, 0) is 47.4 Å². The number of aromatic amines is 1. The molecule has 31 heavy (non-hydrogen) atoms. The Hall–Kier alpha value is -4.00. The molecule has 0 bridgehead atoms. The Balaban J connectivity index is 1.39. The molecule has 0 aliphatic rings. The number of rotatable bonds is 7. The maximum absolute atomic E-state index is 5.78. The molecule has 0 aliphatic heterocycles. The van der Waals surface area contributed by atoms with Crippen LogP contribution in [-0.4, -0.2) is 36.8 Å². The molecule has 7 heteroatoms. The van der Waals surface area contributed by atoms with E-state index in [0.29, 0.717) is 25.0 Å². The van der Waals surface area contributed by atoms with Crippen molar-refractivity contribution in [1.29, 1.82) is 0 Å². The summed E-state index contributed by atoms with van der Waals surface area (Å²) in [5.74, 6) is 0.614. The first-order chi connectivity index (χ1) is 15.3. The van der Waals surface area contributed by atoms with Crippen molar-refractivity contribution in [3.05, 3.63) is 89.5 Å². The molecule has 2 heterocycles. The van der Waals surface area contributed by atoms with Crippen molar-refractivity contribution in [3.63, 3.8) is 0 Å². The van der Waals surface area contributed by atoms with E-state index in [1.54, 1.807) is 0 Å². The van der Waals surface area contributed by atoms with Gasteiger partial charge in [0.05, 0.1) is 24.2 Å². The van der Waals surface area contributed by atoms with Gasteiger partial charge in [-0.15, -0.1) is 10.2 Å². The van der Waals surface area contributed by atoms with Crippen LogP contribution in [0.25, 0.3) is 22.4 Å². The molecule has 3 aromatic carbocycles. The number of benzene rings is 3. The lowest BCUT2D eigenvalue weighted by atomic mass is 9.98. The van der Waals surface area contributed by atoms with Crippen molar-refractivity contribution < 1.29 is 4.74 Å². The molecule has 5 rings (SSSR count). The second kappa shape index (κ2) is 8.39. The number of nitrogens with one attached hydrogen (secondary N) is 1. The van der Waals surface area contributed by atoms with Gasteiger partial charge in [0, 0.05) is 5.56 Å². The third-order valence-corrected chi connectivity index (χ3v) is 5.25. The maximum Gasteiger partial charge on any atom is 0.297 e. The van der Waals surface area contributed by atoms with Gasteiger partial charge in [0.25, 0.3) is 6.01 Å². The first-order valence-electron chi connectivity index (χ1n) is 10.3. The van der Waals surface area contributed by atoms with Crippen molar-refractivity contribution in [2.75, 3.05) is 6.61 Å². The first kappa shape index (κ1) is 19.0. The number of hydrogen-bond acceptors (Lipinski definition) is 5. The van der Waals surface area contributed by atoms with Crippen LogP contribution in [0.5, 0.6) is 6.01 Å². The molecule has 0 spiro atoms. The van der Waals surface area contributed by atoms with Crippen LogP contribution in [0.4, 0.5) is 0 Å². The Morgan fingerprint density at radius 1 is 0.903 bits per heavy atom. The highest BCUT2D eigenvalue weighted by Crippen LogP contribution is 2.24. The lowest BCUT2D eigenvalue weighted by Gasteiger charge is -2.11. The maximum atomic E-state index is 5.78. The monoisotopic (exact) mass is 410 g/mol. The Bertz CT molecular complexity index is 1290. The van der Waals surface area contributed by atoms with Gasteiger partial charge in [-0.25, -0.2) is 0 Å². The summed E-state index contributed by atoms with van der Waals surface area (Å²) in [6, 6.07) is 25.6. The van der Waals surface area contributed by atoms with Crippen LogP contribution in [0, 0.1) is 0 Å². The zero-order valence-corrected chi connectivity index (χ0v) is 17.2. The van der Waals surface area contributed by atoms with Crippen LogP contribution in [0.15, 0.2) is 72.8 Å². The highest BCUT2D eigenvalue weighted by Gasteiger charge is 2.12. The summed E-state index contributed by atoms with van der Waals surface area (Å²) in [6.45, 7) is 3.27. The fourth-order valence-electron chi connectivity index (χ4n) is 3.78. The highest BCUT2D eigenvalue weighted by atomic mass is 16.5. The van der Waals surface area contributed by atoms with Crippen LogP contribution in [-0.2, 0) is 13.0 Å². The van der Waals surface area contributed by atoms with Gasteiger partial charge in [-0.1, -0.05) is 60.7 Å². The molecule has 1 N–H and O–H groups in total. The third-order valence-electron chi connectivity index (χ3n) is 5.25. The van der Waals surface area contributed by atoms with Crippen molar-refractivity contribution in [3.8, 4) is 17.4 Å². The normalized spacial score (nSPS) is 11.1. The van der Waals surface area contributed by atoms with Crippen LogP contribution in [0.1, 0.15) is 23.6 Å². The number of imidazole rings is 1. The smallest absolute Gasteiger partial charge is 0.297 e. The van der Waals surface area contributed by atoms with Gasteiger partial charge in [-0.3, -0.25) is 4.57 Å². The van der Waals surface area contributed by atoms with Crippen LogP contribution in [0.2, 0.25) is 0 Å². The number of fused-ring (bicyclic) bond motifs is 1. The lowest BCUT2D eigenvalue weighted by Crippen LogP contribution is -2.05. The molecule has 0 unspecified atom stereocenters. The Kier molecular flexibility index (Phi) is 5.14. The molecule has 0 amide bonds. The SMILES string of the molecule is CCOc1nc2ccccc2n1Cc1ccc(Cc2ccccc2-c2nn[nH]n2)cc1. The molecule has 5 aromatic rings. The van der Waals surface area contributed by atoms with Gasteiger partial charge in [-0.2, -0.15) is 10.2 Å². The molecule has 2 aromatic heterocycles. The van der Waals surface area contributed by atoms with Gasteiger partial charge in [0.1, 0.15) is 0 Å². The topological polar surface area (TPSA) is 81.5 Å². The predicted molar refractivity (Wildman–Crippen MR) is 119 cm³/mol. The summed E-state index contributed by atoms with van der Waals surface area (Å²) in [7, 11) is 0. The van der Waals surface area contributed by atoms with E-state index < -0.39 is 0 Å². The molecule has 0 radical (unpaired) electrons. The Morgan fingerprint density at radius 3 is 2.48 bits per heavy atom. The van der Waals surface area contributed by atoms with Crippen LogP contribution < -0.4 is 4.74 Å². The van der Waals surface area contributed by atoms with Gasteiger partial charge in [0.2, 0.25) is 5.82 Å². The summed E-state index contributed by atoms with van der Waals surface area (Å²) < 4.78 is 7.90. The Morgan fingerprint density at radius 2 is 1.68 bits per heavy atom. The van der Waals surface area contributed by atoms with Crippen molar-refractivity contribution >= 4 is 11.0 Å². The number of para-hydroxylation sites is 2. The van der Waals surface area contributed by atoms with E-state index in [0.717, 1.165) is 28.6 Å². The summed E-state index contributed by atoms with van der Waals surface area (Å²) in [4.78, 5) is 4.63. The fourth-order valence-corrected chi connectivity index (χ4v) is 3.78. The minimum Gasteiger partial charge on any atom is -0.465 e. The van der Waals surface area contributed by atoms with E-state index in [2.05, 4.69) is 66.6 Å². The molecular weight excluding hydrogens is 388 g/mol. The van der Waals surface area contributed by atoms with E-state index in [1.165, 1.54) is 11.1 Å². The van der Waals surface area contributed by atoms with E-state index in [1.807, 2.05) is 43.3 Å². The van der Waals surface area contributed by atoms with Gasteiger partial charge >= 0.3 is 0 Å². The van der Waals surface area contributed by atoms with Crippen LogP contribution >= 0.6 is 0 Å². The second-order valence-corrected chi connectivity index (χ2v) is 7.29. The summed E-state index contributed by atoms with van der Waals surface area (Å²) >= 11 is 0. The molecule has 0 atom stereocenters. The third kappa shape index (κ3) is 3.90. The van der Waals surface area contributed by atoms with E-state index >= 15 is 0 Å². The predicted octanol–water partition coefficient (Wildman–Crippen LogP) is 4.25. The molecule has 7 nitrogen and oxygen atoms in total. The largest absolute Gasteiger partial charge is 0.465 e. The number of nitrogens with zero attached hydrogens (tertiary/aromatic N) is 5. The van der Waals surface area contributed by atoms with Crippen LogP contribution in [0.3, 0.4) is 0 Å². The average Bonchev–Trinajstić information content (AvgIpc) is 3.45. The molecule has 0 fully saturated rings. The average molecular weight is 410 g/mol. The molecular formula is C24H22N6O. The summed E-state index contributed by atoms with van der Waals surface area (Å²) in [6.07, 6.45) is 0.795.